The van der Waals surface area contributed by atoms with Gasteiger partial charge in [-0.05, 0) is 24.1 Å². The predicted molar refractivity (Wildman–Crippen MR) is 106 cm³/mol. The highest BCUT2D eigenvalue weighted by molar-refractivity contribution is 6.06. The SMILES string of the molecule is CC(C)[C@@H](NC(=O)c1cc(=O)[nH]c2ccccc12)c1nc2ccccc2[nH]1. The summed E-state index contributed by atoms with van der Waals surface area (Å²) < 4.78 is 0. The molecule has 0 aliphatic heterocycles. The highest BCUT2D eigenvalue weighted by Crippen LogP contribution is 2.23. The van der Waals surface area contributed by atoms with Crippen molar-refractivity contribution in [2.24, 2.45) is 5.92 Å². The minimum absolute atomic E-state index is 0.114. The molecule has 27 heavy (non-hydrogen) atoms. The first-order valence-electron chi connectivity index (χ1n) is 8.90. The van der Waals surface area contributed by atoms with Gasteiger partial charge in [0.25, 0.3) is 5.91 Å². The van der Waals surface area contributed by atoms with Gasteiger partial charge in [-0.1, -0.05) is 44.2 Å². The van der Waals surface area contributed by atoms with Gasteiger partial charge in [-0.25, -0.2) is 4.98 Å². The summed E-state index contributed by atoms with van der Waals surface area (Å²) in [6.45, 7) is 4.04. The number of amides is 1. The minimum atomic E-state index is -0.303. The Morgan fingerprint density at radius 2 is 1.70 bits per heavy atom. The first-order valence-corrected chi connectivity index (χ1v) is 8.90. The number of hydrogen-bond acceptors (Lipinski definition) is 3. The van der Waals surface area contributed by atoms with E-state index in [-0.39, 0.29) is 23.4 Å². The number of benzene rings is 2. The summed E-state index contributed by atoms with van der Waals surface area (Å²) in [7, 11) is 0. The summed E-state index contributed by atoms with van der Waals surface area (Å²) in [6.07, 6.45) is 0. The molecule has 0 bridgehead atoms. The molecule has 0 aliphatic carbocycles. The van der Waals surface area contributed by atoms with Gasteiger partial charge in [0.1, 0.15) is 5.82 Å². The van der Waals surface area contributed by atoms with E-state index in [2.05, 4.69) is 20.3 Å². The molecule has 1 amide bonds. The lowest BCUT2D eigenvalue weighted by molar-refractivity contribution is 0.0925. The Labute approximate surface area is 155 Å². The molecule has 2 heterocycles. The molecule has 4 rings (SSSR count). The number of aromatic amines is 2. The Balaban J connectivity index is 1.72. The van der Waals surface area contributed by atoms with Crippen molar-refractivity contribution in [3.8, 4) is 0 Å². The van der Waals surface area contributed by atoms with Crippen LogP contribution in [0.2, 0.25) is 0 Å². The molecule has 2 aromatic heterocycles. The Morgan fingerprint density at radius 3 is 2.44 bits per heavy atom. The molecule has 6 nitrogen and oxygen atoms in total. The Morgan fingerprint density at radius 1 is 1.00 bits per heavy atom. The van der Waals surface area contributed by atoms with Gasteiger partial charge in [0.15, 0.2) is 0 Å². The van der Waals surface area contributed by atoms with E-state index in [1.54, 1.807) is 6.07 Å². The smallest absolute Gasteiger partial charge is 0.252 e. The van der Waals surface area contributed by atoms with Crippen LogP contribution in [-0.2, 0) is 0 Å². The van der Waals surface area contributed by atoms with E-state index in [1.807, 2.05) is 56.3 Å². The molecule has 0 saturated heterocycles. The van der Waals surface area contributed by atoms with Gasteiger partial charge in [0.05, 0.1) is 22.6 Å². The maximum Gasteiger partial charge on any atom is 0.252 e. The van der Waals surface area contributed by atoms with Crippen LogP contribution in [0.3, 0.4) is 0 Å². The number of carbonyl (C=O) groups excluding carboxylic acids is 1. The van der Waals surface area contributed by atoms with Crippen LogP contribution < -0.4 is 10.9 Å². The number of nitrogens with zero attached hydrogens (tertiary/aromatic N) is 1. The Kier molecular flexibility index (Phi) is 4.24. The quantitative estimate of drug-likeness (QED) is 0.520. The number of aromatic nitrogens is 3. The van der Waals surface area contributed by atoms with E-state index in [0.717, 1.165) is 11.0 Å². The predicted octanol–water partition coefficient (Wildman–Crippen LogP) is 3.53. The van der Waals surface area contributed by atoms with Crippen LogP contribution in [0.25, 0.3) is 21.9 Å². The van der Waals surface area contributed by atoms with Crippen molar-refractivity contribution in [2.75, 3.05) is 0 Å². The maximum absolute atomic E-state index is 13.0. The number of pyridine rings is 1. The van der Waals surface area contributed by atoms with Crippen molar-refractivity contribution < 1.29 is 4.79 Å². The van der Waals surface area contributed by atoms with Gasteiger partial charge in [0, 0.05) is 17.0 Å². The molecule has 1 atom stereocenters. The fourth-order valence-corrected chi connectivity index (χ4v) is 3.28. The normalized spacial score (nSPS) is 12.6. The van der Waals surface area contributed by atoms with E-state index in [1.165, 1.54) is 6.07 Å². The number of nitrogens with one attached hydrogen (secondary N) is 3. The molecule has 0 radical (unpaired) electrons. The molecule has 136 valence electrons. The van der Waals surface area contributed by atoms with Crippen molar-refractivity contribution in [1.29, 1.82) is 0 Å². The second-order valence-corrected chi connectivity index (χ2v) is 6.93. The molecule has 0 spiro atoms. The van der Waals surface area contributed by atoms with E-state index >= 15 is 0 Å². The lowest BCUT2D eigenvalue weighted by atomic mass is 10.0. The van der Waals surface area contributed by atoms with E-state index < -0.39 is 0 Å². The molecule has 4 aromatic rings. The second-order valence-electron chi connectivity index (χ2n) is 6.93. The number of hydrogen-bond donors (Lipinski definition) is 3. The lowest BCUT2D eigenvalue weighted by Crippen LogP contribution is -2.33. The van der Waals surface area contributed by atoms with Crippen molar-refractivity contribution in [3.05, 3.63) is 76.3 Å². The maximum atomic E-state index is 13.0. The number of carbonyl (C=O) groups is 1. The highest BCUT2D eigenvalue weighted by atomic mass is 16.2. The molecule has 0 saturated carbocycles. The molecule has 2 aromatic carbocycles. The van der Waals surface area contributed by atoms with E-state index in [0.29, 0.717) is 22.3 Å². The average Bonchev–Trinajstić information content (AvgIpc) is 3.08. The Bertz CT molecular complexity index is 1160. The third kappa shape index (κ3) is 3.21. The van der Waals surface area contributed by atoms with Crippen LogP contribution in [0.1, 0.15) is 36.1 Å². The average molecular weight is 360 g/mol. The monoisotopic (exact) mass is 360 g/mol. The van der Waals surface area contributed by atoms with Crippen molar-refractivity contribution in [3.63, 3.8) is 0 Å². The van der Waals surface area contributed by atoms with Crippen LogP contribution in [0.15, 0.2) is 59.4 Å². The first-order chi connectivity index (χ1) is 13.0. The van der Waals surface area contributed by atoms with Crippen molar-refractivity contribution in [1.82, 2.24) is 20.3 Å². The molecule has 0 aliphatic rings. The van der Waals surface area contributed by atoms with Gasteiger partial charge in [-0.3, -0.25) is 9.59 Å². The summed E-state index contributed by atoms with van der Waals surface area (Å²) in [5.41, 5.74) is 2.47. The van der Waals surface area contributed by atoms with Gasteiger partial charge >= 0.3 is 0 Å². The van der Waals surface area contributed by atoms with Crippen LogP contribution in [0, 0.1) is 5.92 Å². The summed E-state index contributed by atoms with van der Waals surface area (Å²) in [5.74, 6) is 0.521. The number of rotatable bonds is 4. The van der Waals surface area contributed by atoms with E-state index in [9.17, 15) is 9.59 Å². The number of imidazole rings is 1. The lowest BCUT2D eigenvalue weighted by Gasteiger charge is -2.20. The molecule has 0 unspecified atom stereocenters. The van der Waals surface area contributed by atoms with Gasteiger partial charge < -0.3 is 15.3 Å². The van der Waals surface area contributed by atoms with Crippen molar-refractivity contribution >= 4 is 27.8 Å². The van der Waals surface area contributed by atoms with Gasteiger partial charge in [0.2, 0.25) is 5.56 Å². The molecular formula is C21H20N4O2. The fraction of sp³-hybridized carbons (Fsp3) is 0.190. The molecule has 0 fully saturated rings. The third-order valence-electron chi connectivity index (χ3n) is 4.65. The summed E-state index contributed by atoms with van der Waals surface area (Å²) >= 11 is 0. The zero-order valence-electron chi connectivity index (χ0n) is 15.1. The largest absolute Gasteiger partial charge is 0.342 e. The highest BCUT2D eigenvalue weighted by Gasteiger charge is 2.23. The standard InChI is InChI=1S/C21H20N4O2/c1-12(2)19(20-23-16-9-5-6-10-17(16)24-20)25-21(27)14-11-18(26)22-15-8-4-3-7-13(14)15/h3-12,19H,1-2H3,(H,22,26)(H,23,24)(H,25,27)/t19-/m1/s1. The zero-order valence-corrected chi connectivity index (χ0v) is 15.1. The van der Waals surface area contributed by atoms with Crippen LogP contribution in [0.4, 0.5) is 0 Å². The van der Waals surface area contributed by atoms with Crippen LogP contribution >= 0.6 is 0 Å². The molecule has 3 N–H and O–H groups in total. The topological polar surface area (TPSA) is 90.6 Å². The first kappa shape index (κ1) is 17.0. The minimum Gasteiger partial charge on any atom is -0.342 e. The summed E-state index contributed by atoms with van der Waals surface area (Å²) in [6, 6.07) is 16.1. The summed E-state index contributed by atoms with van der Waals surface area (Å²) in [4.78, 5) is 35.6. The number of fused-ring (bicyclic) bond motifs is 2. The van der Waals surface area contributed by atoms with Crippen LogP contribution in [-0.4, -0.2) is 20.9 Å². The fourth-order valence-electron chi connectivity index (χ4n) is 3.28. The molecule has 6 heteroatoms. The van der Waals surface area contributed by atoms with Crippen LogP contribution in [0.5, 0.6) is 0 Å². The van der Waals surface area contributed by atoms with Gasteiger partial charge in [-0.15, -0.1) is 0 Å². The van der Waals surface area contributed by atoms with Crippen molar-refractivity contribution in [2.45, 2.75) is 19.9 Å². The Hall–Kier alpha value is -3.41. The summed E-state index contributed by atoms with van der Waals surface area (Å²) in [5, 5.41) is 3.75. The third-order valence-corrected chi connectivity index (χ3v) is 4.65. The number of para-hydroxylation sites is 3. The molecular weight excluding hydrogens is 340 g/mol. The number of H-pyrrole nitrogens is 2. The van der Waals surface area contributed by atoms with Gasteiger partial charge in [-0.2, -0.15) is 0 Å². The van der Waals surface area contributed by atoms with E-state index in [4.69, 9.17) is 0 Å². The second kappa shape index (κ2) is 6.72. The zero-order chi connectivity index (χ0) is 19.0.